The zero-order chi connectivity index (χ0) is 18.8. The first kappa shape index (κ1) is 17.9. The van der Waals surface area contributed by atoms with E-state index in [1.54, 1.807) is 13.0 Å². The van der Waals surface area contributed by atoms with Crippen LogP contribution < -0.4 is 5.56 Å². The summed E-state index contributed by atoms with van der Waals surface area (Å²) in [5, 5.41) is 7.61. The second-order valence-corrected chi connectivity index (χ2v) is 7.77. The first-order chi connectivity index (χ1) is 13.1. The molecule has 0 bridgehead atoms. The van der Waals surface area contributed by atoms with Crippen LogP contribution in [0, 0.1) is 6.92 Å². The molecule has 1 fully saturated rings. The molecule has 0 saturated carbocycles. The molecule has 1 amide bonds. The molecule has 4 rings (SSSR count). The molecule has 0 radical (unpaired) electrons. The molecule has 2 aromatic rings. The van der Waals surface area contributed by atoms with Crippen molar-refractivity contribution >= 4 is 5.91 Å². The van der Waals surface area contributed by atoms with Gasteiger partial charge in [0.2, 0.25) is 5.91 Å². The van der Waals surface area contributed by atoms with Crippen molar-refractivity contribution in [3.8, 4) is 0 Å². The van der Waals surface area contributed by atoms with Crippen molar-refractivity contribution < 1.29 is 4.79 Å². The fraction of sp³-hybridized carbons (Fsp3) is 0.600. The number of H-pyrrole nitrogens is 2. The van der Waals surface area contributed by atoms with Crippen LogP contribution in [0.3, 0.4) is 0 Å². The predicted octanol–water partition coefficient (Wildman–Crippen LogP) is 2.02. The largest absolute Gasteiger partial charge is 0.342 e. The zero-order valence-corrected chi connectivity index (χ0v) is 15.9. The highest BCUT2D eigenvalue weighted by atomic mass is 16.2. The van der Waals surface area contributed by atoms with Gasteiger partial charge in [0.15, 0.2) is 0 Å². The van der Waals surface area contributed by atoms with Crippen molar-refractivity contribution in [1.29, 1.82) is 0 Å². The molecule has 1 aliphatic heterocycles. The molecule has 0 aromatic carbocycles. The number of amides is 1. The molecule has 27 heavy (non-hydrogen) atoms. The van der Waals surface area contributed by atoms with Crippen molar-refractivity contribution in [2.45, 2.75) is 64.2 Å². The number of carbonyl (C=O) groups excluding carboxylic acids is 1. The van der Waals surface area contributed by atoms with Gasteiger partial charge in [-0.25, -0.2) is 4.98 Å². The molecule has 7 nitrogen and oxygen atoms in total. The van der Waals surface area contributed by atoms with Crippen LogP contribution >= 0.6 is 0 Å². The second-order valence-electron chi connectivity index (χ2n) is 7.77. The lowest BCUT2D eigenvalue weighted by molar-refractivity contribution is -0.132. The lowest BCUT2D eigenvalue weighted by atomic mass is 9.93. The van der Waals surface area contributed by atoms with Crippen LogP contribution in [0.1, 0.15) is 66.5 Å². The fourth-order valence-electron chi connectivity index (χ4n) is 4.40. The highest BCUT2D eigenvalue weighted by Crippen LogP contribution is 2.26. The Balaban J connectivity index is 1.38. The van der Waals surface area contributed by atoms with Crippen LogP contribution in [0.4, 0.5) is 0 Å². The van der Waals surface area contributed by atoms with Crippen molar-refractivity contribution in [3.63, 3.8) is 0 Å². The maximum Gasteiger partial charge on any atom is 0.251 e. The van der Waals surface area contributed by atoms with Gasteiger partial charge in [-0.15, -0.1) is 0 Å². The minimum atomic E-state index is -0.121. The van der Waals surface area contributed by atoms with Crippen molar-refractivity contribution in [3.05, 3.63) is 44.9 Å². The third kappa shape index (κ3) is 3.96. The lowest BCUT2D eigenvalue weighted by Gasteiger charge is -2.32. The first-order valence-corrected chi connectivity index (χ1v) is 10.0. The highest BCUT2D eigenvalue weighted by Gasteiger charge is 2.26. The van der Waals surface area contributed by atoms with Crippen LogP contribution in [0.5, 0.6) is 0 Å². The average Bonchev–Trinajstić information content (AvgIpc) is 3.09. The standard InChI is InChI=1S/C20H27N5O2/c1-13-21-18(11-19(26)22-13)14-5-4-10-25(12-14)20(27)9-8-17-15-6-2-3-7-16(15)23-24-17/h11,14H,2-10,12H2,1H3,(H,23,24)(H,21,22,26)/t14-/m0/s1. The molecule has 2 N–H and O–H groups in total. The molecule has 3 heterocycles. The van der Waals surface area contributed by atoms with E-state index in [0.29, 0.717) is 25.2 Å². The molecule has 0 spiro atoms. The van der Waals surface area contributed by atoms with Gasteiger partial charge in [0, 0.05) is 43.6 Å². The molecule has 1 saturated heterocycles. The van der Waals surface area contributed by atoms with Gasteiger partial charge < -0.3 is 9.88 Å². The lowest BCUT2D eigenvalue weighted by Crippen LogP contribution is -2.39. The smallest absolute Gasteiger partial charge is 0.251 e. The molecule has 1 aliphatic carbocycles. The van der Waals surface area contributed by atoms with Crippen molar-refractivity contribution in [2.24, 2.45) is 0 Å². The van der Waals surface area contributed by atoms with E-state index in [-0.39, 0.29) is 17.4 Å². The van der Waals surface area contributed by atoms with Gasteiger partial charge in [0.25, 0.3) is 5.56 Å². The molecule has 7 heteroatoms. The molecule has 1 atom stereocenters. The minimum Gasteiger partial charge on any atom is -0.342 e. The van der Waals surface area contributed by atoms with Crippen molar-refractivity contribution in [2.75, 3.05) is 13.1 Å². The van der Waals surface area contributed by atoms with Gasteiger partial charge in [0.05, 0.1) is 11.4 Å². The van der Waals surface area contributed by atoms with Gasteiger partial charge in [-0.05, 0) is 51.0 Å². The van der Waals surface area contributed by atoms with E-state index in [4.69, 9.17) is 0 Å². The molecular weight excluding hydrogens is 342 g/mol. The van der Waals surface area contributed by atoms with Gasteiger partial charge in [-0.2, -0.15) is 5.10 Å². The van der Waals surface area contributed by atoms with Gasteiger partial charge >= 0.3 is 0 Å². The van der Waals surface area contributed by atoms with E-state index < -0.39 is 0 Å². The van der Waals surface area contributed by atoms with E-state index in [1.165, 1.54) is 24.1 Å². The number of rotatable bonds is 4. The SMILES string of the molecule is Cc1nc([C@H]2CCCN(C(=O)CCc3n[nH]c4c3CCCC4)C2)cc(=O)[nH]1. The van der Waals surface area contributed by atoms with Crippen LogP contribution in [-0.4, -0.2) is 44.1 Å². The third-order valence-corrected chi connectivity index (χ3v) is 5.79. The van der Waals surface area contributed by atoms with Crippen LogP contribution in [0.25, 0.3) is 0 Å². The Kier molecular flexibility index (Phi) is 5.09. The summed E-state index contributed by atoms with van der Waals surface area (Å²) in [7, 11) is 0. The molecule has 2 aromatic heterocycles. The number of aromatic nitrogens is 4. The van der Waals surface area contributed by atoms with Gasteiger partial charge in [-0.3, -0.25) is 14.7 Å². The van der Waals surface area contributed by atoms with Crippen LogP contribution in [-0.2, 0) is 24.1 Å². The number of nitrogens with zero attached hydrogens (tertiary/aromatic N) is 3. The molecule has 0 unspecified atom stereocenters. The van der Waals surface area contributed by atoms with E-state index in [2.05, 4.69) is 20.2 Å². The zero-order valence-electron chi connectivity index (χ0n) is 15.9. The summed E-state index contributed by atoms with van der Waals surface area (Å²) < 4.78 is 0. The van der Waals surface area contributed by atoms with E-state index in [0.717, 1.165) is 43.6 Å². The maximum atomic E-state index is 12.8. The Labute approximate surface area is 158 Å². The Morgan fingerprint density at radius 2 is 2.15 bits per heavy atom. The average molecular weight is 369 g/mol. The normalized spacial score (nSPS) is 19.7. The monoisotopic (exact) mass is 369 g/mol. The molecule has 2 aliphatic rings. The highest BCUT2D eigenvalue weighted by molar-refractivity contribution is 5.76. The maximum absolute atomic E-state index is 12.8. The summed E-state index contributed by atoms with van der Waals surface area (Å²) in [5.41, 5.74) is 4.35. The topological polar surface area (TPSA) is 94.7 Å². The number of carbonyl (C=O) groups is 1. The third-order valence-electron chi connectivity index (χ3n) is 5.79. The van der Waals surface area contributed by atoms with E-state index in [1.807, 2.05) is 4.90 Å². The van der Waals surface area contributed by atoms with Crippen LogP contribution in [0.15, 0.2) is 10.9 Å². The van der Waals surface area contributed by atoms with Gasteiger partial charge in [-0.1, -0.05) is 0 Å². The number of aryl methyl sites for hydroxylation is 3. The summed E-state index contributed by atoms with van der Waals surface area (Å²) >= 11 is 0. The second kappa shape index (κ2) is 7.66. The Morgan fingerprint density at radius 3 is 3.00 bits per heavy atom. The van der Waals surface area contributed by atoms with Crippen LogP contribution in [0.2, 0.25) is 0 Å². The minimum absolute atomic E-state index is 0.121. The summed E-state index contributed by atoms with van der Waals surface area (Å²) in [6.07, 6.45) is 7.69. The summed E-state index contributed by atoms with van der Waals surface area (Å²) in [4.78, 5) is 33.6. The predicted molar refractivity (Wildman–Crippen MR) is 102 cm³/mol. The first-order valence-electron chi connectivity index (χ1n) is 10.0. The summed E-state index contributed by atoms with van der Waals surface area (Å²) in [6.45, 7) is 3.23. The molecular formula is C20H27N5O2. The quantitative estimate of drug-likeness (QED) is 0.862. The number of fused-ring (bicyclic) bond motifs is 1. The summed E-state index contributed by atoms with van der Waals surface area (Å²) in [6, 6.07) is 1.57. The Bertz CT molecular complexity index is 885. The Morgan fingerprint density at radius 1 is 1.30 bits per heavy atom. The number of nitrogens with one attached hydrogen (secondary N) is 2. The van der Waals surface area contributed by atoms with E-state index in [9.17, 15) is 9.59 Å². The van der Waals surface area contributed by atoms with Crippen molar-refractivity contribution in [1.82, 2.24) is 25.1 Å². The molecule has 144 valence electrons. The fourth-order valence-corrected chi connectivity index (χ4v) is 4.40. The number of aromatic amines is 2. The number of piperidine rings is 1. The summed E-state index contributed by atoms with van der Waals surface area (Å²) in [5.74, 6) is 0.944. The number of hydrogen-bond donors (Lipinski definition) is 2. The number of likely N-dealkylation sites (tertiary alicyclic amines) is 1. The number of hydrogen-bond acceptors (Lipinski definition) is 4. The van der Waals surface area contributed by atoms with Gasteiger partial charge in [0.1, 0.15) is 5.82 Å². The van der Waals surface area contributed by atoms with E-state index >= 15 is 0 Å². The Hall–Kier alpha value is -2.44.